The third kappa shape index (κ3) is 4.28. The molecule has 0 radical (unpaired) electrons. The molecule has 1 aromatic heterocycles. The third-order valence-corrected chi connectivity index (χ3v) is 6.99. The van der Waals surface area contributed by atoms with Crippen LogP contribution in [-0.2, 0) is 14.4 Å². The number of ether oxygens (including phenoxy) is 1. The van der Waals surface area contributed by atoms with E-state index < -0.39 is 0 Å². The van der Waals surface area contributed by atoms with Gasteiger partial charge in [0, 0.05) is 45.3 Å². The predicted molar refractivity (Wildman–Crippen MR) is 111 cm³/mol. The van der Waals surface area contributed by atoms with Crippen LogP contribution in [0.2, 0.25) is 0 Å². The van der Waals surface area contributed by atoms with Crippen molar-refractivity contribution < 1.29 is 23.6 Å². The summed E-state index contributed by atoms with van der Waals surface area (Å²) in [6.07, 6.45) is 5.09. The van der Waals surface area contributed by atoms with Gasteiger partial charge in [0.1, 0.15) is 0 Å². The lowest BCUT2D eigenvalue weighted by Crippen LogP contribution is -2.46. The van der Waals surface area contributed by atoms with Crippen molar-refractivity contribution in [3.63, 3.8) is 0 Å². The molecule has 2 atom stereocenters. The van der Waals surface area contributed by atoms with E-state index in [9.17, 15) is 9.59 Å². The van der Waals surface area contributed by atoms with Gasteiger partial charge in [0.05, 0.1) is 18.7 Å². The molecule has 5 heterocycles. The fourth-order valence-corrected chi connectivity index (χ4v) is 5.04. The highest BCUT2D eigenvalue weighted by atomic mass is 16.6. The number of hydrogen-bond donors (Lipinski definition) is 1. The van der Waals surface area contributed by atoms with Crippen molar-refractivity contribution in [3.8, 4) is 0 Å². The van der Waals surface area contributed by atoms with Gasteiger partial charge < -0.3 is 29.1 Å². The molecule has 31 heavy (non-hydrogen) atoms. The van der Waals surface area contributed by atoms with E-state index in [1.807, 2.05) is 0 Å². The summed E-state index contributed by atoms with van der Waals surface area (Å²) in [4.78, 5) is 34.9. The maximum atomic E-state index is 12.6. The van der Waals surface area contributed by atoms with Crippen molar-refractivity contribution >= 4 is 17.6 Å². The second kappa shape index (κ2) is 8.90. The van der Waals surface area contributed by atoms with Crippen LogP contribution in [0.1, 0.15) is 36.2 Å². The molecule has 5 rings (SSSR count). The molecule has 2 amide bonds. The maximum absolute atomic E-state index is 12.6. The molecule has 3 fully saturated rings. The lowest BCUT2D eigenvalue weighted by molar-refractivity contribution is -0.126. The molecule has 4 aliphatic rings. The Bertz CT molecular complexity index is 812. The highest BCUT2D eigenvalue weighted by Gasteiger charge is 2.46. The van der Waals surface area contributed by atoms with E-state index >= 15 is 0 Å². The van der Waals surface area contributed by atoms with Crippen LogP contribution in [-0.4, -0.2) is 79.5 Å². The lowest BCUT2D eigenvalue weighted by atomic mass is 9.93. The van der Waals surface area contributed by atoms with Gasteiger partial charge in [-0.15, -0.1) is 0 Å². The second-order valence-electron chi connectivity index (χ2n) is 8.95. The van der Waals surface area contributed by atoms with Crippen molar-refractivity contribution in [2.24, 2.45) is 22.9 Å². The summed E-state index contributed by atoms with van der Waals surface area (Å²) < 4.78 is 10.6. The zero-order valence-electron chi connectivity index (χ0n) is 17.7. The number of rotatable bonds is 4. The van der Waals surface area contributed by atoms with Crippen molar-refractivity contribution in [2.75, 3.05) is 45.9 Å². The summed E-state index contributed by atoms with van der Waals surface area (Å²) in [5, 5.41) is 7.49. The standard InChI is InChI=1S/C22H30N4O5/c27-21(23-12-15-5-10-29-11-6-15)16-3-7-25(8-4-16)20-17-13-26(14-19(17)31-24-20)22(28)18-2-1-9-30-18/h1-2,9,15-17,19H,3-8,10-14H2,(H,23,27)/t17-,19-/m0/s1. The number of fused-ring (bicyclic) bond motifs is 1. The minimum absolute atomic E-state index is 0.0513. The summed E-state index contributed by atoms with van der Waals surface area (Å²) >= 11 is 0. The molecular formula is C22H30N4O5. The molecular weight excluding hydrogens is 400 g/mol. The van der Waals surface area contributed by atoms with Crippen LogP contribution in [0.4, 0.5) is 0 Å². The minimum Gasteiger partial charge on any atom is -0.459 e. The van der Waals surface area contributed by atoms with Gasteiger partial charge in [-0.25, -0.2) is 0 Å². The molecule has 0 aromatic carbocycles. The van der Waals surface area contributed by atoms with Crippen LogP contribution >= 0.6 is 0 Å². The zero-order chi connectivity index (χ0) is 21.2. The molecule has 0 spiro atoms. The monoisotopic (exact) mass is 430 g/mol. The van der Waals surface area contributed by atoms with E-state index in [4.69, 9.17) is 14.0 Å². The van der Waals surface area contributed by atoms with Gasteiger partial charge in [0.2, 0.25) is 5.91 Å². The summed E-state index contributed by atoms with van der Waals surface area (Å²) in [6.45, 7) is 5.02. The van der Waals surface area contributed by atoms with Gasteiger partial charge in [-0.1, -0.05) is 5.16 Å². The molecule has 4 aliphatic heterocycles. The number of carbonyl (C=O) groups excluding carboxylic acids is 2. The van der Waals surface area contributed by atoms with Crippen molar-refractivity contribution in [2.45, 2.75) is 31.8 Å². The Balaban J connectivity index is 1.10. The summed E-state index contributed by atoms with van der Waals surface area (Å²) in [5.41, 5.74) is 0. The zero-order valence-corrected chi connectivity index (χ0v) is 17.7. The molecule has 3 saturated heterocycles. The van der Waals surface area contributed by atoms with E-state index in [1.54, 1.807) is 17.0 Å². The summed E-state index contributed by atoms with van der Waals surface area (Å²) in [6, 6.07) is 3.40. The number of hydrogen-bond acceptors (Lipinski definition) is 7. The van der Waals surface area contributed by atoms with Crippen molar-refractivity contribution in [3.05, 3.63) is 24.2 Å². The van der Waals surface area contributed by atoms with Gasteiger partial charge in [-0.2, -0.15) is 0 Å². The van der Waals surface area contributed by atoms with Crippen LogP contribution in [0.5, 0.6) is 0 Å². The SMILES string of the molecule is O=C(NCC1CCOCC1)C1CCN(C2=NO[C@H]3CN(C(=O)c4ccco4)C[C@H]23)CC1. The fourth-order valence-electron chi connectivity index (χ4n) is 5.04. The van der Waals surface area contributed by atoms with Crippen LogP contribution in [0, 0.1) is 17.8 Å². The Morgan fingerprint density at radius 2 is 1.94 bits per heavy atom. The maximum Gasteiger partial charge on any atom is 0.289 e. The number of likely N-dealkylation sites (tertiary alicyclic amines) is 2. The average molecular weight is 431 g/mol. The first kappa shape index (κ1) is 20.4. The van der Waals surface area contributed by atoms with Gasteiger partial charge in [0.25, 0.3) is 5.91 Å². The van der Waals surface area contributed by atoms with Gasteiger partial charge in [-0.3, -0.25) is 9.59 Å². The van der Waals surface area contributed by atoms with E-state index in [2.05, 4.69) is 15.4 Å². The molecule has 0 bridgehead atoms. The third-order valence-electron chi connectivity index (χ3n) is 6.99. The number of nitrogens with one attached hydrogen (secondary N) is 1. The number of amidine groups is 1. The first-order valence-corrected chi connectivity index (χ1v) is 11.4. The molecule has 9 nitrogen and oxygen atoms in total. The molecule has 9 heteroatoms. The second-order valence-corrected chi connectivity index (χ2v) is 8.95. The van der Waals surface area contributed by atoms with E-state index in [-0.39, 0.29) is 29.8 Å². The molecule has 0 saturated carbocycles. The van der Waals surface area contributed by atoms with E-state index in [0.717, 1.165) is 64.4 Å². The molecule has 1 N–H and O–H groups in total. The smallest absolute Gasteiger partial charge is 0.289 e. The number of piperidine rings is 1. The minimum atomic E-state index is -0.109. The first-order chi connectivity index (χ1) is 15.2. The molecule has 0 aliphatic carbocycles. The van der Waals surface area contributed by atoms with Crippen LogP contribution in [0.3, 0.4) is 0 Å². The summed E-state index contributed by atoms with van der Waals surface area (Å²) in [7, 11) is 0. The van der Waals surface area contributed by atoms with Crippen LogP contribution in [0.25, 0.3) is 0 Å². The average Bonchev–Trinajstić information content (AvgIpc) is 3.55. The Labute approximate surface area is 181 Å². The molecule has 0 unspecified atom stereocenters. The Hall–Kier alpha value is -2.55. The van der Waals surface area contributed by atoms with Crippen LogP contribution < -0.4 is 5.32 Å². The topological polar surface area (TPSA) is 96.6 Å². The highest BCUT2D eigenvalue weighted by molar-refractivity contribution is 5.93. The molecule has 1 aromatic rings. The lowest BCUT2D eigenvalue weighted by Gasteiger charge is -2.34. The van der Waals surface area contributed by atoms with Gasteiger partial charge in [0.15, 0.2) is 17.7 Å². The number of furan rings is 1. The molecule has 168 valence electrons. The van der Waals surface area contributed by atoms with Gasteiger partial charge >= 0.3 is 0 Å². The number of nitrogens with zero attached hydrogens (tertiary/aromatic N) is 3. The Morgan fingerprint density at radius 1 is 1.13 bits per heavy atom. The van der Waals surface area contributed by atoms with Crippen molar-refractivity contribution in [1.82, 2.24) is 15.1 Å². The van der Waals surface area contributed by atoms with E-state index in [1.165, 1.54) is 6.26 Å². The summed E-state index contributed by atoms with van der Waals surface area (Å²) in [5.74, 6) is 2.00. The quantitative estimate of drug-likeness (QED) is 0.774. The van der Waals surface area contributed by atoms with Crippen LogP contribution in [0.15, 0.2) is 28.0 Å². The number of oxime groups is 1. The number of carbonyl (C=O) groups is 2. The highest BCUT2D eigenvalue weighted by Crippen LogP contribution is 2.31. The Morgan fingerprint density at radius 3 is 2.68 bits per heavy atom. The fraction of sp³-hybridized carbons (Fsp3) is 0.682. The number of amides is 2. The predicted octanol–water partition coefficient (Wildman–Crippen LogP) is 1.32. The van der Waals surface area contributed by atoms with Crippen molar-refractivity contribution in [1.29, 1.82) is 0 Å². The Kier molecular flexibility index (Phi) is 5.85. The largest absolute Gasteiger partial charge is 0.459 e. The van der Waals surface area contributed by atoms with Gasteiger partial charge in [-0.05, 0) is 43.7 Å². The first-order valence-electron chi connectivity index (χ1n) is 11.4. The van der Waals surface area contributed by atoms with E-state index in [0.29, 0.717) is 24.8 Å². The normalized spacial score (nSPS) is 27.0.